The number of carbonyl (C=O) groups excluding carboxylic acids is 2. The predicted molar refractivity (Wildman–Crippen MR) is 84.1 cm³/mol. The Kier molecular flexibility index (Phi) is 6.28. The molecule has 0 bridgehead atoms. The monoisotopic (exact) mass is 353 g/mol. The van der Waals surface area contributed by atoms with E-state index in [0.717, 1.165) is 5.56 Å². The summed E-state index contributed by atoms with van der Waals surface area (Å²) in [6, 6.07) is 5.84. The van der Waals surface area contributed by atoms with Gasteiger partial charge in [-0.3, -0.25) is 4.79 Å². The summed E-state index contributed by atoms with van der Waals surface area (Å²) in [5, 5.41) is 15.8. The number of aryl methyl sites for hydroxylation is 1. The van der Waals surface area contributed by atoms with Crippen molar-refractivity contribution in [2.45, 2.75) is 18.9 Å². The van der Waals surface area contributed by atoms with Gasteiger partial charge in [0.05, 0.1) is 13.7 Å². The van der Waals surface area contributed by atoms with Crippen molar-refractivity contribution in [3.8, 4) is 11.4 Å². The zero-order valence-corrected chi connectivity index (χ0v) is 13.6. The first kappa shape index (κ1) is 17.9. The van der Waals surface area contributed by atoms with Crippen LogP contribution in [0, 0.1) is 0 Å². The van der Waals surface area contributed by atoms with Crippen molar-refractivity contribution in [3.63, 3.8) is 0 Å². The molecule has 0 saturated carbocycles. The van der Waals surface area contributed by atoms with Gasteiger partial charge >= 0.3 is 5.97 Å². The molecule has 1 aromatic carbocycles. The van der Waals surface area contributed by atoms with Crippen molar-refractivity contribution in [3.05, 3.63) is 35.2 Å². The van der Waals surface area contributed by atoms with Gasteiger partial charge in [0.25, 0.3) is 0 Å². The van der Waals surface area contributed by atoms with Crippen LogP contribution in [0.25, 0.3) is 11.4 Å². The SMILES string of the molecule is COC(=O)[C@H](CO)NC(=O)CCc1nc(-c2ccc(Cl)cc2)no1. The number of esters is 1. The highest BCUT2D eigenvalue weighted by Crippen LogP contribution is 2.18. The van der Waals surface area contributed by atoms with E-state index in [-0.39, 0.29) is 18.7 Å². The number of carbonyl (C=O) groups is 2. The molecule has 8 nitrogen and oxygen atoms in total. The highest BCUT2D eigenvalue weighted by atomic mass is 35.5. The van der Waals surface area contributed by atoms with Gasteiger partial charge in [0.1, 0.15) is 0 Å². The first-order valence-corrected chi connectivity index (χ1v) is 7.48. The number of aromatic nitrogens is 2. The van der Waals surface area contributed by atoms with Crippen LogP contribution in [0.5, 0.6) is 0 Å². The van der Waals surface area contributed by atoms with Crippen molar-refractivity contribution in [1.82, 2.24) is 15.5 Å². The average molecular weight is 354 g/mol. The Labute approximate surface area is 142 Å². The molecule has 24 heavy (non-hydrogen) atoms. The van der Waals surface area contributed by atoms with Crippen LogP contribution in [0.3, 0.4) is 0 Å². The fourth-order valence-corrected chi connectivity index (χ4v) is 2.01. The third kappa shape index (κ3) is 4.77. The number of aliphatic hydroxyl groups excluding tert-OH is 1. The molecule has 128 valence electrons. The molecule has 0 aliphatic heterocycles. The summed E-state index contributed by atoms with van der Waals surface area (Å²) in [6.45, 7) is -0.542. The fraction of sp³-hybridized carbons (Fsp3) is 0.333. The number of nitrogens with one attached hydrogen (secondary N) is 1. The molecule has 1 heterocycles. The number of hydrogen-bond donors (Lipinski definition) is 2. The molecule has 0 fully saturated rings. The molecule has 0 saturated heterocycles. The molecule has 1 amide bonds. The number of amides is 1. The summed E-state index contributed by atoms with van der Waals surface area (Å²) in [5.74, 6) is -0.474. The lowest BCUT2D eigenvalue weighted by Crippen LogP contribution is -2.44. The molecule has 0 aliphatic rings. The molecular formula is C15H16ClN3O5. The van der Waals surface area contributed by atoms with Gasteiger partial charge < -0.3 is 19.7 Å². The Bertz CT molecular complexity index is 701. The molecular weight excluding hydrogens is 338 g/mol. The molecule has 0 spiro atoms. The predicted octanol–water partition coefficient (Wildman–Crippen LogP) is 0.973. The number of hydrogen-bond acceptors (Lipinski definition) is 7. The summed E-state index contributed by atoms with van der Waals surface area (Å²) in [6.07, 6.45) is 0.224. The molecule has 9 heteroatoms. The van der Waals surface area contributed by atoms with E-state index < -0.39 is 24.5 Å². The van der Waals surface area contributed by atoms with Gasteiger partial charge in [-0.05, 0) is 24.3 Å². The van der Waals surface area contributed by atoms with Crippen LogP contribution < -0.4 is 5.32 Å². The lowest BCUT2D eigenvalue weighted by molar-refractivity contribution is -0.146. The largest absolute Gasteiger partial charge is 0.467 e. The number of rotatable bonds is 7. The highest BCUT2D eigenvalue weighted by molar-refractivity contribution is 6.30. The second kappa shape index (κ2) is 8.42. The van der Waals surface area contributed by atoms with E-state index in [0.29, 0.717) is 10.8 Å². The Morgan fingerprint density at radius 2 is 2.08 bits per heavy atom. The van der Waals surface area contributed by atoms with Gasteiger partial charge in [0.2, 0.25) is 17.6 Å². The van der Waals surface area contributed by atoms with Crippen LogP contribution in [-0.4, -0.2) is 46.9 Å². The van der Waals surface area contributed by atoms with Crippen LogP contribution in [0.2, 0.25) is 5.02 Å². The molecule has 2 rings (SSSR count). The molecule has 1 aromatic heterocycles. The van der Waals surface area contributed by atoms with Crippen molar-refractivity contribution in [2.24, 2.45) is 0 Å². The Morgan fingerprint density at radius 3 is 2.71 bits per heavy atom. The van der Waals surface area contributed by atoms with Gasteiger partial charge in [0, 0.05) is 23.4 Å². The smallest absolute Gasteiger partial charge is 0.330 e. The number of ether oxygens (including phenoxy) is 1. The number of benzene rings is 1. The van der Waals surface area contributed by atoms with Crippen molar-refractivity contribution in [2.75, 3.05) is 13.7 Å². The van der Waals surface area contributed by atoms with Gasteiger partial charge in [0.15, 0.2) is 6.04 Å². The van der Waals surface area contributed by atoms with E-state index in [9.17, 15) is 9.59 Å². The van der Waals surface area contributed by atoms with E-state index in [2.05, 4.69) is 20.2 Å². The quantitative estimate of drug-likeness (QED) is 0.713. The lowest BCUT2D eigenvalue weighted by Gasteiger charge is -2.13. The first-order valence-electron chi connectivity index (χ1n) is 7.10. The van der Waals surface area contributed by atoms with Gasteiger partial charge in [-0.25, -0.2) is 4.79 Å². The van der Waals surface area contributed by atoms with E-state index in [4.69, 9.17) is 21.2 Å². The number of halogens is 1. The van der Waals surface area contributed by atoms with Crippen LogP contribution in [0.4, 0.5) is 0 Å². The zero-order chi connectivity index (χ0) is 17.5. The second-order valence-electron chi connectivity index (χ2n) is 4.84. The number of aliphatic hydroxyl groups is 1. The second-order valence-corrected chi connectivity index (χ2v) is 5.28. The molecule has 1 atom stereocenters. The zero-order valence-electron chi connectivity index (χ0n) is 12.9. The maximum atomic E-state index is 11.8. The van der Waals surface area contributed by atoms with E-state index in [1.54, 1.807) is 24.3 Å². The first-order chi connectivity index (χ1) is 11.5. The van der Waals surface area contributed by atoms with Crippen molar-refractivity contribution >= 4 is 23.5 Å². The van der Waals surface area contributed by atoms with E-state index in [1.165, 1.54) is 7.11 Å². The highest BCUT2D eigenvalue weighted by Gasteiger charge is 2.20. The summed E-state index contributed by atoms with van der Waals surface area (Å²) in [5.41, 5.74) is 0.741. The Balaban J connectivity index is 1.89. The maximum Gasteiger partial charge on any atom is 0.330 e. The number of methoxy groups -OCH3 is 1. The Morgan fingerprint density at radius 1 is 1.38 bits per heavy atom. The summed E-state index contributed by atoms with van der Waals surface area (Å²) >= 11 is 5.82. The summed E-state index contributed by atoms with van der Waals surface area (Å²) < 4.78 is 9.55. The third-order valence-electron chi connectivity index (χ3n) is 3.14. The van der Waals surface area contributed by atoms with Gasteiger partial charge in [-0.15, -0.1) is 0 Å². The van der Waals surface area contributed by atoms with Crippen molar-refractivity contribution in [1.29, 1.82) is 0 Å². The maximum absolute atomic E-state index is 11.8. The summed E-state index contributed by atoms with van der Waals surface area (Å²) in [7, 11) is 1.17. The molecule has 2 aromatic rings. The Hall–Kier alpha value is -2.45. The van der Waals surface area contributed by atoms with E-state index >= 15 is 0 Å². The minimum atomic E-state index is -1.09. The van der Waals surface area contributed by atoms with Gasteiger partial charge in [-0.1, -0.05) is 16.8 Å². The fourth-order valence-electron chi connectivity index (χ4n) is 1.88. The topological polar surface area (TPSA) is 115 Å². The summed E-state index contributed by atoms with van der Waals surface area (Å²) in [4.78, 5) is 27.3. The standard InChI is InChI=1S/C15H16ClN3O5/c1-23-15(22)11(8-20)17-12(21)6-7-13-18-14(19-24-13)9-2-4-10(16)5-3-9/h2-5,11,20H,6-8H2,1H3,(H,17,21)/t11-/m0/s1. The molecule has 0 radical (unpaired) electrons. The van der Waals surface area contributed by atoms with Crippen molar-refractivity contribution < 1.29 is 24.0 Å². The molecule has 0 aliphatic carbocycles. The normalized spacial score (nSPS) is 11.8. The lowest BCUT2D eigenvalue weighted by atomic mass is 10.2. The minimum Gasteiger partial charge on any atom is -0.467 e. The van der Waals surface area contributed by atoms with Crippen LogP contribution in [0.15, 0.2) is 28.8 Å². The van der Waals surface area contributed by atoms with Crippen LogP contribution in [-0.2, 0) is 20.7 Å². The number of nitrogens with zero attached hydrogens (tertiary/aromatic N) is 2. The average Bonchev–Trinajstić information content (AvgIpc) is 3.06. The van der Waals surface area contributed by atoms with Crippen LogP contribution >= 0.6 is 11.6 Å². The van der Waals surface area contributed by atoms with Crippen LogP contribution in [0.1, 0.15) is 12.3 Å². The molecule has 0 unspecified atom stereocenters. The van der Waals surface area contributed by atoms with E-state index in [1.807, 2.05) is 0 Å². The third-order valence-corrected chi connectivity index (χ3v) is 3.39. The molecule has 2 N–H and O–H groups in total. The minimum absolute atomic E-state index is 0.0236. The van der Waals surface area contributed by atoms with Gasteiger partial charge in [-0.2, -0.15) is 4.98 Å².